The molecule has 0 saturated carbocycles. The van der Waals surface area contributed by atoms with Crippen LogP contribution in [0.25, 0.3) is 0 Å². The largest absolute Gasteiger partial charge is 0.372 e. The highest BCUT2D eigenvalue weighted by molar-refractivity contribution is 7.09. The lowest BCUT2D eigenvalue weighted by molar-refractivity contribution is -0.188. The number of ether oxygens (including phenoxy) is 2. The predicted molar refractivity (Wildman–Crippen MR) is 93.5 cm³/mol. The Kier molecular flexibility index (Phi) is 4.54. The number of pyridine rings is 1. The van der Waals surface area contributed by atoms with Crippen molar-refractivity contribution in [3.05, 3.63) is 46.2 Å². The van der Waals surface area contributed by atoms with Crippen LogP contribution in [0, 0.1) is 6.92 Å². The maximum atomic E-state index is 12.4. The molecule has 25 heavy (non-hydrogen) atoms. The summed E-state index contributed by atoms with van der Waals surface area (Å²) in [4.78, 5) is 22.8. The van der Waals surface area contributed by atoms with Gasteiger partial charge in [-0.05, 0) is 25.5 Å². The molecule has 2 aliphatic heterocycles. The van der Waals surface area contributed by atoms with Crippen LogP contribution in [0.1, 0.15) is 34.0 Å². The standard InChI is InChI=1S/C18H21N3O3S/c1-13-20-14(10-25-13)9-23-15-5-7-24-18(8-15)11-21(12-18)17(22)16-4-2-3-6-19-16/h2-4,6,10,15H,5,7-9,11-12H2,1H3. The van der Waals surface area contributed by atoms with E-state index in [9.17, 15) is 4.79 Å². The van der Waals surface area contributed by atoms with E-state index >= 15 is 0 Å². The van der Waals surface area contributed by atoms with Gasteiger partial charge in [-0.3, -0.25) is 9.78 Å². The zero-order chi connectivity index (χ0) is 17.3. The molecule has 1 spiro atoms. The summed E-state index contributed by atoms with van der Waals surface area (Å²) in [6.45, 7) is 4.43. The molecule has 0 bridgehead atoms. The molecular formula is C18H21N3O3S. The van der Waals surface area contributed by atoms with Crippen molar-refractivity contribution in [2.24, 2.45) is 0 Å². The second-order valence-corrected chi connectivity index (χ2v) is 7.75. The zero-order valence-corrected chi connectivity index (χ0v) is 15.0. The van der Waals surface area contributed by atoms with Gasteiger partial charge < -0.3 is 14.4 Å². The number of hydrogen-bond donors (Lipinski definition) is 0. The molecule has 132 valence electrons. The molecule has 0 aliphatic carbocycles. The van der Waals surface area contributed by atoms with Gasteiger partial charge in [-0.1, -0.05) is 6.07 Å². The fourth-order valence-electron chi connectivity index (χ4n) is 3.47. The van der Waals surface area contributed by atoms with Gasteiger partial charge in [0, 0.05) is 24.6 Å². The van der Waals surface area contributed by atoms with Crippen LogP contribution in [0.15, 0.2) is 29.8 Å². The Labute approximate surface area is 150 Å². The van der Waals surface area contributed by atoms with Crippen molar-refractivity contribution in [3.63, 3.8) is 0 Å². The predicted octanol–water partition coefficient (Wildman–Crippen LogP) is 2.44. The van der Waals surface area contributed by atoms with Crippen molar-refractivity contribution in [2.75, 3.05) is 19.7 Å². The molecule has 4 rings (SSSR count). The van der Waals surface area contributed by atoms with Crippen LogP contribution in [0.4, 0.5) is 0 Å². The average molecular weight is 359 g/mol. The van der Waals surface area contributed by atoms with E-state index in [0.29, 0.717) is 32.0 Å². The molecule has 1 unspecified atom stereocenters. The van der Waals surface area contributed by atoms with Gasteiger partial charge in [0.25, 0.3) is 5.91 Å². The number of aromatic nitrogens is 2. The van der Waals surface area contributed by atoms with Crippen LogP contribution >= 0.6 is 11.3 Å². The number of carbonyl (C=O) groups is 1. The van der Waals surface area contributed by atoms with Crippen molar-refractivity contribution >= 4 is 17.2 Å². The highest BCUT2D eigenvalue weighted by Crippen LogP contribution is 2.36. The second kappa shape index (κ2) is 6.82. The molecule has 2 aromatic heterocycles. The molecule has 2 saturated heterocycles. The average Bonchev–Trinajstić information content (AvgIpc) is 3.03. The zero-order valence-electron chi connectivity index (χ0n) is 14.2. The van der Waals surface area contributed by atoms with Gasteiger partial charge in [0.1, 0.15) is 11.3 Å². The first-order valence-corrected chi connectivity index (χ1v) is 9.38. The molecule has 0 N–H and O–H groups in total. The first-order valence-electron chi connectivity index (χ1n) is 8.50. The molecule has 2 aromatic rings. The van der Waals surface area contributed by atoms with Gasteiger partial charge in [0.2, 0.25) is 0 Å². The van der Waals surface area contributed by atoms with E-state index in [1.165, 1.54) is 0 Å². The topological polar surface area (TPSA) is 64.6 Å². The number of likely N-dealkylation sites (tertiary alicyclic amines) is 1. The van der Waals surface area contributed by atoms with Crippen LogP contribution in [-0.2, 0) is 16.1 Å². The molecule has 1 amide bonds. The first kappa shape index (κ1) is 16.6. The molecular weight excluding hydrogens is 338 g/mol. The number of thiazole rings is 1. The summed E-state index contributed by atoms with van der Waals surface area (Å²) in [5, 5.41) is 3.10. The molecule has 0 radical (unpaired) electrons. The Morgan fingerprint density at radius 2 is 2.36 bits per heavy atom. The third kappa shape index (κ3) is 3.58. The second-order valence-electron chi connectivity index (χ2n) is 6.69. The Balaban J connectivity index is 1.31. The van der Waals surface area contributed by atoms with Gasteiger partial charge in [-0.2, -0.15) is 0 Å². The normalized spacial score (nSPS) is 22.0. The van der Waals surface area contributed by atoms with Crippen molar-refractivity contribution in [1.29, 1.82) is 0 Å². The molecule has 2 aliphatic rings. The number of hydrogen-bond acceptors (Lipinski definition) is 6. The fraction of sp³-hybridized carbons (Fsp3) is 0.500. The van der Waals surface area contributed by atoms with Crippen molar-refractivity contribution < 1.29 is 14.3 Å². The van der Waals surface area contributed by atoms with Crippen molar-refractivity contribution in [1.82, 2.24) is 14.9 Å². The van der Waals surface area contributed by atoms with Gasteiger partial charge in [0.15, 0.2) is 0 Å². The van der Waals surface area contributed by atoms with Gasteiger partial charge in [0.05, 0.1) is 36.5 Å². The summed E-state index contributed by atoms with van der Waals surface area (Å²) in [7, 11) is 0. The molecule has 4 heterocycles. The summed E-state index contributed by atoms with van der Waals surface area (Å²) in [6.07, 6.45) is 3.51. The summed E-state index contributed by atoms with van der Waals surface area (Å²) < 4.78 is 12.0. The Hall–Kier alpha value is -1.83. The van der Waals surface area contributed by atoms with E-state index in [1.807, 2.05) is 24.4 Å². The number of carbonyl (C=O) groups excluding carboxylic acids is 1. The van der Waals surface area contributed by atoms with Crippen LogP contribution in [0.5, 0.6) is 0 Å². The van der Waals surface area contributed by atoms with E-state index < -0.39 is 0 Å². The molecule has 2 fully saturated rings. The van der Waals surface area contributed by atoms with Gasteiger partial charge in [-0.15, -0.1) is 11.3 Å². The Morgan fingerprint density at radius 1 is 1.48 bits per heavy atom. The van der Waals surface area contributed by atoms with Gasteiger partial charge in [-0.25, -0.2) is 4.98 Å². The smallest absolute Gasteiger partial charge is 0.272 e. The number of rotatable bonds is 4. The lowest BCUT2D eigenvalue weighted by atomic mass is 9.84. The van der Waals surface area contributed by atoms with Crippen LogP contribution in [0.2, 0.25) is 0 Å². The van der Waals surface area contributed by atoms with E-state index in [2.05, 4.69) is 9.97 Å². The minimum atomic E-state index is -0.259. The lowest BCUT2D eigenvalue weighted by Crippen LogP contribution is -2.67. The van der Waals surface area contributed by atoms with E-state index in [-0.39, 0.29) is 17.6 Å². The summed E-state index contributed by atoms with van der Waals surface area (Å²) in [5.41, 5.74) is 1.22. The fourth-order valence-corrected chi connectivity index (χ4v) is 4.06. The third-order valence-corrected chi connectivity index (χ3v) is 5.53. The minimum absolute atomic E-state index is 0.0317. The maximum Gasteiger partial charge on any atom is 0.272 e. The highest BCUT2D eigenvalue weighted by Gasteiger charge is 2.49. The summed E-state index contributed by atoms with van der Waals surface area (Å²) in [6, 6.07) is 5.39. The molecule has 6 nitrogen and oxygen atoms in total. The first-order chi connectivity index (χ1) is 12.1. The van der Waals surface area contributed by atoms with Gasteiger partial charge >= 0.3 is 0 Å². The highest BCUT2D eigenvalue weighted by atomic mass is 32.1. The van der Waals surface area contributed by atoms with Crippen LogP contribution < -0.4 is 0 Å². The SMILES string of the molecule is Cc1nc(COC2CCOC3(C2)CN(C(=O)c2ccccn2)C3)cs1. The summed E-state index contributed by atoms with van der Waals surface area (Å²) in [5.74, 6) is -0.0317. The third-order valence-electron chi connectivity index (χ3n) is 4.71. The molecule has 7 heteroatoms. The van der Waals surface area contributed by atoms with E-state index in [1.54, 1.807) is 28.5 Å². The summed E-state index contributed by atoms with van der Waals surface area (Å²) >= 11 is 1.64. The Morgan fingerprint density at radius 3 is 3.08 bits per heavy atom. The van der Waals surface area contributed by atoms with Crippen LogP contribution in [-0.4, -0.2) is 52.2 Å². The number of nitrogens with zero attached hydrogens (tertiary/aromatic N) is 3. The quantitative estimate of drug-likeness (QED) is 0.839. The van der Waals surface area contributed by atoms with Crippen molar-refractivity contribution in [2.45, 2.75) is 38.1 Å². The maximum absolute atomic E-state index is 12.4. The minimum Gasteiger partial charge on any atom is -0.372 e. The monoisotopic (exact) mass is 359 g/mol. The lowest BCUT2D eigenvalue weighted by Gasteiger charge is -2.52. The van der Waals surface area contributed by atoms with Crippen LogP contribution in [0.3, 0.4) is 0 Å². The number of aryl methyl sites for hydroxylation is 1. The van der Waals surface area contributed by atoms with Crippen molar-refractivity contribution in [3.8, 4) is 0 Å². The molecule has 0 aromatic carbocycles. The molecule has 1 atom stereocenters. The Bertz CT molecular complexity index is 743. The van der Waals surface area contributed by atoms with E-state index in [4.69, 9.17) is 9.47 Å². The number of amides is 1. The van der Waals surface area contributed by atoms with E-state index in [0.717, 1.165) is 23.5 Å².